The van der Waals surface area contributed by atoms with E-state index in [2.05, 4.69) is 11.8 Å². The Hall–Kier alpha value is -1.06. The first-order valence-corrected chi connectivity index (χ1v) is 8.22. The summed E-state index contributed by atoms with van der Waals surface area (Å²) in [6, 6.07) is 6.99. The molecule has 4 heteroatoms. The largest absolute Gasteiger partial charge is 0.492 e. The van der Waals surface area contributed by atoms with Gasteiger partial charge in [-0.1, -0.05) is 13.3 Å². The third-order valence-electron chi connectivity index (χ3n) is 4.06. The van der Waals surface area contributed by atoms with E-state index >= 15 is 0 Å². The van der Waals surface area contributed by atoms with Crippen molar-refractivity contribution in [3.63, 3.8) is 0 Å². The van der Waals surface area contributed by atoms with Gasteiger partial charge in [0.05, 0.1) is 0 Å². The Morgan fingerprint density at radius 1 is 1.38 bits per heavy atom. The fourth-order valence-corrected chi connectivity index (χ4v) is 3.10. The number of ether oxygens (including phenoxy) is 1. The topological polar surface area (TPSA) is 29.5 Å². The standard InChI is InChI=1S/C17H24ClNO2/c1-2-4-14-5-3-10-19(13-14)11-12-21-16-8-6-15(7-9-16)17(18)20/h6-9,14H,2-5,10-13H2,1H3. The number of halogens is 1. The van der Waals surface area contributed by atoms with Crippen molar-refractivity contribution in [2.45, 2.75) is 32.6 Å². The van der Waals surface area contributed by atoms with Crippen LogP contribution >= 0.6 is 11.6 Å². The molecule has 116 valence electrons. The van der Waals surface area contributed by atoms with Crippen LogP contribution in [0.15, 0.2) is 24.3 Å². The van der Waals surface area contributed by atoms with Crippen LogP contribution in [0.1, 0.15) is 43.0 Å². The van der Waals surface area contributed by atoms with Crippen molar-refractivity contribution >= 4 is 16.8 Å². The van der Waals surface area contributed by atoms with E-state index in [1.807, 2.05) is 0 Å². The molecule has 2 rings (SSSR count). The van der Waals surface area contributed by atoms with Gasteiger partial charge in [-0.2, -0.15) is 0 Å². The van der Waals surface area contributed by atoms with Crippen molar-refractivity contribution in [2.24, 2.45) is 5.92 Å². The molecule has 0 N–H and O–H groups in total. The van der Waals surface area contributed by atoms with Gasteiger partial charge < -0.3 is 4.74 Å². The molecule has 1 unspecified atom stereocenters. The molecule has 1 aromatic carbocycles. The van der Waals surface area contributed by atoms with Crippen molar-refractivity contribution in [1.29, 1.82) is 0 Å². The number of likely N-dealkylation sites (tertiary alicyclic amines) is 1. The average molecular weight is 310 g/mol. The van der Waals surface area contributed by atoms with Gasteiger partial charge in [-0.15, -0.1) is 0 Å². The Morgan fingerprint density at radius 3 is 2.81 bits per heavy atom. The smallest absolute Gasteiger partial charge is 0.252 e. The first-order chi connectivity index (χ1) is 10.2. The molecule has 0 radical (unpaired) electrons. The molecule has 1 fully saturated rings. The first-order valence-electron chi connectivity index (χ1n) is 7.84. The predicted octanol–water partition coefficient (Wildman–Crippen LogP) is 3.96. The highest BCUT2D eigenvalue weighted by molar-refractivity contribution is 6.67. The molecule has 0 saturated carbocycles. The summed E-state index contributed by atoms with van der Waals surface area (Å²) in [6.45, 7) is 6.31. The average Bonchev–Trinajstić information content (AvgIpc) is 2.48. The molecular formula is C17H24ClNO2. The lowest BCUT2D eigenvalue weighted by Gasteiger charge is -2.32. The lowest BCUT2D eigenvalue weighted by Crippen LogP contribution is -2.37. The molecule has 3 nitrogen and oxygen atoms in total. The highest BCUT2D eigenvalue weighted by atomic mass is 35.5. The van der Waals surface area contributed by atoms with E-state index in [-0.39, 0.29) is 0 Å². The van der Waals surface area contributed by atoms with E-state index < -0.39 is 5.24 Å². The molecule has 1 aliphatic rings. The number of piperidine rings is 1. The summed E-state index contributed by atoms with van der Waals surface area (Å²) in [7, 11) is 0. The van der Waals surface area contributed by atoms with Crippen LogP contribution in [0.5, 0.6) is 5.75 Å². The minimum atomic E-state index is -0.433. The van der Waals surface area contributed by atoms with Gasteiger partial charge in [0.1, 0.15) is 12.4 Å². The summed E-state index contributed by atoms with van der Waals surface area (Å²) in [5, 5.41) is -0.433. The highest BCUT2D eigenvalue weighted by Gasteiger charge is 2.18. The zero-order valence-corrected chi connectivity index (χ0v) is 13.4. The summed E-state index contributed by atoms with van der Waals surface area (Å²) < 4.78 is 5.74. The van der Waals surface area contributed by atoms with Gasteiger partial charge in [0, 0.05) is 18.7 Å². The second-order valence-corrected chi connectivity index (χ2v) is 6.09. The molecular weight excluding hydrogens is 286 g/mol. The number of hydrogen-bond donors (Lipinski definition) is 0. The molecule has 1 saturated heterocycles. The van der Waals surface area contributed by atoms with E-state index in [1.54, 1.807) is 24.3 Å². The second-order valence-electron chi connectivity index (χ2n) is 5.74. The summed E-state index contributed by atoms with van der Waals surface area (Å²) in [6.07, 6.45) is 5.29. The fraction of sp³-hybridized carbons (Fsp3) is 0.588. The highest BCUT2D eigenvalue weighted by Crippen LogP contribution is 2.20. The minimum Gasteiger partial charge on any atom is -0.492 e. The molecule has 0 aromatic heterocycles. The van der Waals surface area contributed by atoms with Crippen LogP contribution in [-0.2, 0) is 0 Å². The Kier molecular flexibility index (Phi) is 6.52. The van der Waals surface area contributed by atoms with Crippen LogP contribution < -0.4 is 4.74 Å². The molecule has 0 aliphatic carbocycles. The van der Waals surface area contributed by atoms with Crippen molar-refractivity contribution in [3.05, 3.63) is 29.8 Å². The van der Waals surface area contributed by atoms with Crippen molar-refractivity contribution in [1.82, 2.24) is 4.90 Å². The number of nitrogens with zero attached hydrogens (tertiary/aromatic N) is 1. The maximum atomic E-state index is 11.0. The van der Waals surface area contributed by atoms with E-state index in [0.29, 0.717) is 12.2 Å². The quantitative estimate of drug-likeness (QED) is 0.714. The lowest BCUT2D eigenvalue weighted by atomic mass is 9.94. The van der Waals surface area contributed by atoms with Crippen LogP contribution in [0.3, 0.4) is 0 Å². The van der Waals surface area contributed by atoms with Gasteiger partial charge in [0.2, 0.25) is 0 Å². The fourth-order valence-electron chi connectivity index (χ4n) is 2.97. The van der Waals surface area contributed by atoms with Crippen molar-refractivity contribution in [2.75, 3.05) is 26.2 Å². The summed E-state index contributed by atoms with van der Waals surface area (Å²) >= 11 is 5.41. The number of rotatable bonds is 7. The zero-order chi connectivity index (χ0) is 15.1. The number of benzene rings is 1. The summed E-state index contributed by atoms with van der Waals surface area (Å²) in [5.41, 5.74) is 0.502. The molecule has 1 aromatic rings. The molecule has 21 heavy (non-hydrogen) atoms. The van der Waals surface area contributed by atoms with E-state index in [9.17, 15) is 4.79 Å². The van der Waals surface area contributed by atoms with Gasteiger partial charge in [-0.25, -0.2) is 0 Å². The van der Waals surface area contributed by atoms with Crippen LogP contribution in [0, 0.1) is 5.92 Å². The Morgan fingerprint density at radius 2 is 2.14 bits per heavy atom. The van der Waals surface area contributed by atoms with E-state index in [4.69, 9.17) is 16.3 Å². The molecule has 0 spiro atoms. The van der Waals surface area contributed by atoms with Crippen LogP contribution in [0.25, 0.3) is 0 Å². The first kappa shape index (κ1) is 16.3. The van der Waals surface area contributed by atoms with Gasteiger partial charge >= 0.3 is 0 Å². The third kappa shape index (κ3) is 5.33. The number of hydrogen-bond acceptors (Lipinski definition) is 3. The molecule has 1 aliphatic heterocycles. The van der Waals surface area contributed by atoms with Crippen molar-refractivity contribution < 1.29 is 9.53 Å². The Balaban J connectivity index is 1.72. The Bertz CT molecular complexity index is 445. The van der Waals surface area contributed by atoms with Crippen LogP contribution in [0.4, 0.5) is 0 Å². The minimum absolute atomic E-state index is 0.433. The SMILES string of the molecule is CCCC1CCCN(CCOc2ccc(C(=O)Cl)cc2)C1. The molecule has 1 atom stereocenters. The lowest BCUT2D eigenvalue weighted by molar-refractivity contribution is 0.108. The monoisotopic (exact) mass is 309 g/mol. The summed E-state index contributed by atoms with van der Waals surface area (Å²) in [5.74, 6) is 1.65. The molecule has 0 amide bonds. The third-order valence-corrected chi connectivity index (χ3v) is 4.28. The number of carbonyl (C=O) groups excluding carboxylic acids is 1. The van der Waals surface area contributed by atoms with Crippen LogP contribution in [-0.4, -0.2) is 36.4 Å². The predicted molar refractivity (Wildman–Crippen MR) is 86.2 cm³/mol. The second kappa shape index (κ2) is 8.40. The van der Waals surface area contributed by atoms with Crippen LogP contribution in [0.2, 0.25) is 0 Å². The molecule has 0 bridgehead atoms. The van der Waals surface area contributed by atoms with Gasteiger partial charge in [-0.05, 0) is 67.6 Å². The molecule has 1 heterocycles. The van der Waals surface area contributed by atoms with E-state index in [0.717, 1.165) is 18.2 Å². The maximum absolute atomic E-state index is 11.0. The summed E-state index contributed by atoms with van der Waals surface area (Å²) in [4.78, 5) is 13.5. The van der Waals surface area contributed by atoms with Gasteiger partial charge in [0.15, 0.2) is 0 Å². The van der Waals surface area contributed by atoms with Gasteiger partial charge in [-0.3, -0.25) is 9.69 Å². The Labute approximate surface area is 132 Å². The number of carbonyl (C=O) groups is 1. The van der Waals surface area contributed by atoms with Gasteiger partial charge in [0.25, 0.3) is 5.24 Å². The zero-order valence-electron chi connectivity index (χ0n) is 12.7. The van der Waals surface area contributed by atoms with Crippen molar-refractivity contribution in [3.8, 4) is 5.75 Å². The van der Waals surface area contributed by atoms with E-state index in [1.165, 1.54) is 38.8 Å². The maximum Gasteiger partial charge on any atom is 0.252 e. The normalized spacial score (nSPS) is 19.4.